The van der Waals surface area contributed by atoms with Gasteiger partial charge >= 0.3 is 0 Å². The second kappa shape index (κ2) is 3.91. The Bertz CT molecular complexity index is 91.6. The molecule has 3 heteroatoms. The van der Waals surface area contributed by atoms with Crippen molar-refractivity contribution in [2.45, 2.75) is 12.5 Å². The van der Waals surface area contributed by atoms with Gasteiger partial charge in [-0.25, -0.2) is 5.32 Å². The van der Waals surface area contributed by atoms with Crippen LogP contribution >= 0.6 is 0 Å². The van der Waals surface area contributed by atoms with Crippen LogP contribution in [-0.2, 0) is 0 Å². The summed E-state index contributed by atoms with van der Waals surface area (Å²) < 4.78 is 0. The minimum Gasteiger partial charge on any atom is -0.394 e. The van der Waals surface area contributed by atoms with Gasteiger partial charge in [0.05, 0.1) is 12.7 Å². The van der Waals surface area contributed by atoms with Crippen molar-refractivity contribution in [1.29, 1.82) is 0 Å². The van der Waals surface area contributed by atoms with Gasteiger partial charge in [-0.3, -0.25) is 0 Å². The fourth-order valence-electron chi connectivity index (χ4n) is 1.11. The third kappa shape index (κ3) is 1.94. The highest BCUT2D eigenvalue weighted by atomic mass is 16.3. The van der Waals surface area contributed by atoms with E-state index in [4.69, 9.17) is 10.2 Å². The molecule has 10 heavy (non-hydrogen) atoms. The first-order valence-corrected chi connectivity index (χ1v) is 3.60. The maximum atomic E-state index is 9.14. The van der Waals surface area contributed by atoms with E-state index >= 15 is 0 Å². The van der Waals surface area contributed by atoms with Gasteiger partial charge < -0.3 is 10.2 Å². The highest BCUT2D eigenvalue weighted by molar-refractivity contribution is 4.87. The van der Waals surface area contributed by atoms with E-state index in [1.807, 2.05) is 6.42 Å². The summed E-state index contributed by atoms with van der Waals surface area (Å²) in [6.45, 7) is 1.38. The highest BCUT2D eigenvalue weighted by Gasteiger charge is 2.21. The Labute approximate surface area is 61.1 Å². The number of hydrogen-bond acceptors (Lipinski definition) is 2. The van der Waals surface area contributed by atoms with E-state index in [-0.39, 0.29) is 12.5 Å². The summed E-state index contributed by atoms with van der Waals surface area (Å²) in [4.78, 5) is 0. The third-order valence-corrected chi connectivity index (χ3v) is 1.78. The normalized spacial score (nSPS) is 30.0. The standard InChI is InChI=1S/C7H13NO2/c9-5-7(10)6-2-1-3-8-4-6/h2,6-7,9-10H,1,3-5H2. The molecule has 0 aromatic heterocycles. The molecular formula is C7H13NO2. The molecule has 1 rings (SSSR count). The van der Waals surface area contributed by atoms with Crippen molar-refractivity contribution in [3.8, 4) is 0 Å². The molecule has 58 valence electrons. The van der Waals surface area contributed by atoms with Crippen LogP contribution in [0.3, 0.4) is 0 Å². The quantitative estimate of drug-likeness (QED) is 0.530. The Morgan fingerprint density at radius 1 is 1.70 bits per heavy atom. The van der Waals surface area contributed by atoms with Gasteiger partial charge in [-0.1, -0.05) is 0 Å². The topological polar surface area (TPSA) is 54.6 Å². The fraction of sp³-hybridized carbons (Fsp3) is 0.857. The summed E-state index contributed by atoms with van der Waals surface area (Å²) in [7, 11) is 0. The monoisotopic (exact) mass is 143 g/mol. The predicted octanol–water partition coefficient (Wildman–Crippen LogP) is -0.832. The lowest BCUT2D eigenvalue weighted by atomic mass is 9.94. The highest BCUT2D eigenvalue weighted by Crippen LogP contribution is 2.13. The predicted molar refractivity (Wildman–Crippen MR) is 37.4 cm³/mol. The second-order valence-electron chi connectivity index (χ2n) is 2.57. The first-order chi connectivity index (χ1) is 4.84. The summed E-state index contributed by atoms with van der Waals surface area (Å²) in [6, 6.07) is 0. The molecule has 0 aromatic carbocycles. The average Bonchev–Trinajstić information content (AvgIpc) is 2.05. The van der Waals surface area contributed by atoms with E-state index in [0.717, 1.165) is 13.0 Å². The van der Waals surface area contributed by atoms with Crippen LogP contribution in [0.1, 0.15) is 6.42 Å². The van der Waals surface area contributed by atoms with Gasteiger partial charge in [0.2, 0.25) is 0 Å². The Hall–Kier alpha value is -0.120. The molecule has 2 N–H and O–H groups in total. The van der Waals surface area contributed by atoms with Gasteiger partial charge in [-0.15, -0.1) is 0 Å². The van der Waals surface area contributed by atoms with Gasteiger partial charge in [0.25, 0.3) is 0 Å². The maximum absolute atomic E-state index is 9.14. The van der Waals surface area contributed by atoms with E-state index < -0.39 is 6.10 Å². The molecule has 0 saturated carbocycles. The molecule has 1 fully saturated rings. The van der Waals surface area contributed by atoms with E-state index in [1.54, 1.807) is 0 Å². The molecule has 0 bridgehead atoms. The van der Waals surface area contributed by atoms with Gasteiger partial charge in [0.15, 0.2) is 0 Å². The van der Waals surface area contributed by atoms with Crippen LogP contribution in [0.2, 0.25) is 0 Å². The molecule has 1 saturated heterocycles. The minimum absolute atomic E-state index is 0.0822. The lowest BCUT2D eigenvalue weighted by molar-refractivity contribution is 0.0529. The molecular weight excluding hydrogens is 130 g/mol. The molecule has 1 heterocycles. The second-order valence-corrected chi connectivity index (χ2v) is 2.57. The van der Waals surface area contributed by atoms with Gasteiger partial charge in [0.1, 0.15) is 0 Å². The van der Waals surface area contributed by atoms with Crippen LogP contribution in [-0.4, -0.2) is 36.0 Å². The van der Waals surface area contributed by atoms with Crippen LogP contribution in [0.25, 0.3) is 0 Å². The maximum Gasteiger partial charge on any atom is 0.0814 e. The van der Waals surface area contributed by atoms with Crippen molar-refractivity contribution in [2.24, 2.45) is 5.92 Å². The SMILES string of the molecule is OCC(O)C1[CH]CC[N]C1. The largest absolute Gasteiger partial charge is 0.394 e. The summed E-state index contributed by atoms with van der Waals surface area (Å²) in [5.74, 6) is 0.0822. The molecule has 0 spiro atoms. The average molecular weight is 143 g/mol. The molecule has 2 unspecified atom stereocenters. The number of aliphatic hydroxyl groups excluding tert-OH is 2. The van der Waals surface area contributed by atoms with Gasteiger partial charge in [-0.2, -0.15) is 0 Å². The van der Waals surface area contributed by atoms with E-state index in [1.165, 1.54) is 0 Å². The molecule has 0 aromatic rings. The van der Waals surface area contributed by atoms with Crippen molar-refractivity contribution >= 4 is 0 Å². The molecule has 3 nitrogen and oxygen atoms in total. The Kier molecular flexibility index (Phi) is 3.12. The summed E-state index contributed by atoms with van der Waals surface area (Å²) in [5.41, 5.74) is 0. The molecule has 1 aliphatic heterocycles. The van der Waals surface area contributed by atoms with Crippen LogP contribution < -0.4 is 5.32 Å². The summed E-state index contributed by atoms with van der Waals surface area (Å²) in [6.07, 6.45) is 2.36. The third-order valence-electron chi connectivity index (χ3n) is 1.78. The van der Waals surface area contributed by atoms with E-state index in [9.17, 15) is 0 Å². The zero-order chi connectivity index (χ0) is 7.40. The molecule has 1 aliphatic rings. The van der Waals surface area contributed by atoms with E-state index in [0.29, 0.717) is 6.54 Å². The molecule has 2 atom stereocenters. The summed E-state index contributed by atoms with van der Waals surface area (Å²) in [5, 5.41) is 21.8. The lowest BCUT2D eigenvalue weighted by Gasteiger charge is -2.24. The van der Waals surface area contributed by atoms with Crippen molar-refractivity contribution in [3.63, 3.8) is 0 Å². The van der Waals surface area contributed by atoms with Gasteiger partial charge in [-0.05, 0) is 12.8 Å². The lowest BCUT2D eigenvalue weighted by Crippen LogP contribution is -2.35. The Balaban J connectivity index is 2.24. The van der Waals surface area contributed by atoms with E-state index in [2.05, 4.69) is 5.32 Å². The Morgan fingerprint density at radius 3 is 3.00 bits per heavy atom. The van der Waals surface area contributed by atoms with Crippen molar-refractivity contribution in [1.82, 2.24) is 5.32 Å². The van der Waals surface area contributed by atoms with Crippen LogP contribution in [0, 0.1) is 12.3 Å². The number of hydrogen-bond donors (Lipinski definition) is 2. The van der Waals surface area contributed by atoms with Crippen LogP contribution in [0.15, 0.2) is 0 Å². The van der Waals surface area contributed by atoms with Crippen LogP contribution in [0.4, 0.5) is 0 Å². The number of aliphatic hydroxyl groups is 2. The minimum atomic E-state index is -0.607. The summed E-state index contributed by atoms with van der Waals surface area (Å²) >= 11 is 0. The van der Waals surface area contributed by atoms with Crippen LogP contribution in [0.5, 0.6) is 0 Å². The number of nitrogens with zero attached hydrogens (tertiary/aromatic N) is 1. The fourth-order valence-corrected chi connectivity index (χ4v) is 1.11. The molecule has 0 aliphatic carbocycles. The smallest absolute Gasteiger partial charge is 0.0814 e. The Morgan fingerprint density at radius 2 is 2.50 bits per heavy atom. The molecule has 2 radical (unpaired) electrons. The van der Waals surface area contributed by atoms with Gasteiger partial charge in [0, 0.05) is 19.0 Å². The zero-order valence-electron chi connectivity index (χ0n) is 5.90. The van der Waals surface area contributed by atoms with Crippen molar-refractivity contribution in [3.05, 3.63) is 6.42 Å². The molecule has 0 amide bonds. The zero-order valence-corrected chi connectivity index (χ0v) is 5.90. The first-order valence-electron chi connectivity index (χ1n) is 3.60. The number of piperidine rings is 1. The number of rotatable bonds is 2. The first kappa shape index (κ1) is 7.98. The van der Waals surface area contributed by atoms with Crippen molar-refractivity contribution in [2.75, 3.05) is 19.7 Å². The van der Waals surface area contributed by atoms with Crippen molar-refractivity contribution < 1.29 is 10.2 Å².